The first-order chi connectivity index (χ1) is 16.2. The van der Waals surface area contributed by atoms with Crippen molar-refractivity contribution in [3.05, 3.63) is 90.0 Å². The summed E-state index contributed by atoms with van der Waals surface area (Å²) in [6.07, 6.45) is 1.64. The molecule has 4 rings (SSSR count). The second-order valence-electron chi connectivity index (χ2n) is 7.14. The number of nitrogens with zero attached hydrogens (tertiary/aromatic N) is 4. The van der Waals surface area contributed by atoms with Crippen LogP contribution in [-0.2, 0) is 4.79 Å². The first-order valence-electron chi connectivity index (χ1n) is 10.3. The average Bonchev–Trinajstić information content (AvgIpc) is 3.28. The molecule has 1 N–H and O–H groups in total. The summed E-state index contributed by atoms with van der Waals surface area (Å²) in [5.74, 6) is 1.38. The van der Waals surface area contributed by atoms with Gasteiger partial charge in [-0.1, -0.05) is 54.2 Å². The van der Waals surface area contributed by atoms with E-state index in [1.54, 1.807) is 13.3 Å². The SMILES string of the molecule is COc1ccc(-c2nnc(SCC(=O)N/N=C\c3ccccc3C)n2-c2ccccc2)cc1. The Balaban J connectivity index is 1.51. The molecule has 0 atom stereocenters. The Morgan fingerprint density at radius 3 is 2.48 bits per heavy atom. The van der Waals surface area contributed by atoms with Gasteiger partial charge in [-0.15, -0.1) is 10.2 Å². The van der Waals surface area contributed by atoms with E-state index in [2.05, 4.69) is 20.7 Å². The minimum atomic E-state index is -0.224. The number of aromatic nitrogens is 3. The van der Waals surface area contributed by atoms with Crippen LogP contribution >= 0.6 is 11.8 Å². The minimum absolute atomic E-state index is 0.151. The second kappa shape index (κ2) is 10.6. The van der Waals surface area contributed by atoms with Crippen molar-refractivity contribution in [1.29, 1.82) is 0 Å². The van der Waals surface area contributed by atoms with Crippen molar-refractivity contribution in [2.24, 2.45) is 5.10 Å². The number of aryl methyl sites for hydroxylation is 1. The number of amides is 1. The van der Waals surface area contributed by atoms with Crippen molar-refractivity contribution in [3.63, 3.8) is 0 Å². The third kappa shape index (κ3) is 5.48. The number of hydrazone groups is 1. The van der Waals surface area contributed by atoms with Gasteiger partial charge in [0.15, 0.2) is 11.0 Å². The number of nitrogens with one attached hydrogen (secondary N) is 1. The lowest BCUT2D eigenvalue weighted by Crippen LogP contribution is -2.20. The topological polar surface area (TPSA) is 81.4 Å². The van der Waals surface area contributed by atoms with Crippen LogP contribution in [0, 0.1) is 6.92 Å². The Hall–Kier alpha value is -3.91. The number of para-hydroxylation sites is 1. The van der Waals surface area contributed by atoms with Gasteiger partial charge in [0.05, 0.1) is 19.1 Å². The zero-order chi connectivity index (χ0) is 23.0. The number of ether oxygens (including phenoxy) is 1. The molecule has 0 aliphatic carbocycles. The molecule has 4 aromatic rings. The second-order valence-corrected chi connectivity index (χ2v) is 8.09. The normalized spacial score (nSPS) is 11.0. The third-order valence-electron chi connectivity index (χ3n) is 4.91. The van der Waals surface area contributed by atoms with E-state index in [0.29, 0.717) is 11.0 Å². The standard InChI is InChI=1S/C25H23N5O2S/c1-18-8-6-7-9-20(18)16-26-27-23(31)17-33-25-29-28-24(19-12-14-22(32-2)15-13-19)30(25)21-10-4-3-5-11-21/h3-16H,17H2,1-2H3,(H,27,31)/b26-16-. The fourth-order valence-electron chi connectivity index (χ4n) is 3.17. The molecule has 7 nitrogen and oxygen atoms in total. The highest BCUT2D eigenvalue weighted by Crippen LogP contribution is 2.28. The summed E-state index contributed by atoms with van der Waals surface area (Å²) in [6.45, 7) is 2.00. The molecule has 3 aromatic carbocycles. The molecule has 1 amide bonds. The van der Waals surface area contributed by atoms with Crippen LogP contribution in [0.5, 0.6) is 5.75 Å². The molecule has 8 heteroatoms. The number of hydrogen-bond donors (Lipinski definition) is 1. The summed E-state index contributed by atoms with van der Waals surface area (Å²) in [5, 5.41) is 13.4. The number of benzene rings is 3. The van der Waals surface area contributed by atoms with Gasteiger partial charge in [0.2, 0.25) is 0 Å². The van der Waals surface area contributed by atoms with Gasteiger partial charge in [0.25, 0.3) is 5.91 Å². The summed E-state index contributed by atoms with van der Waals surface area (Å²) < 4.78 is 7.19. The van der Waals surface area contributed by atoms with E-state index >= 15 is 0 Å². The average molecular weight is 458 g/mol. The van der Waals surface area contributed by atoms with E-state index in [1.807, 2.05) is 90.4 Å². The zero-order valence-electron chi connectivity index (χ0n) is 18.3. The lowest BCUT2D eigenvalue weighted by molar-refractivity contribution is -0.118. The fraction of sp³-hybridized carbons (Fsp3) is 0.120. The van der Waals surface area contributed by atoms with E-state index < -0.39 is 0 Å². The van der Waals surface area contributed by atoms with Gasteiger partial charge >= 0.3 is 0 Å². The Morgan fingerprint density at radius 1 is 1.03 bits per heavy atom. The van der Waals surface area contributed by atoms with Crippen LogP contribution in [0.4, 0.5) is 0 Å². The van der Waals surface area contributed by atoms with Crippen LogP contribution < -0.4 is 10.2 Å². The fourth-order valence-corrected chi connectivity index (χ4v) is 3.91. The monoisotopic (exact) mass is 457 g/mol. The van der Waals surface area contributed by atoms with E-state index in [1.165, 1.54) is 11.8 Å². The van der Waals surface area contributed by atoms with Gasteiger partial charge in [-0.3, -0.25) is 9.36 Å². The van der Waals surface area contributed by atoms with E-state index in [-0.39, 0.29) is 11.7 Å². The highest BCUT2D eigenvalue weighted by molar-refractivity contribution is 7.99. The number of hydrogen-bond acceptors (Lipinski definition) is 6. The smallest absolute Gasteiger partial charge is 0.250 e. The summed E-state index contributed by atoms with van der Waals surface area (Å²) in [4.78, 5) is 12.4. The van der Waals surface area contributed by atoms with Crippen LogP contribution in [0.15, 0.2) is 89.1 Å². The molecule has 0 saturated heterocycles. The number of carbonyl (C=O) groups excluding carboxylic acids is 1. The predicted octanol–water partition coefficient (Wildman–Crippen LogP) is 4.49. The number of thioether (sulfide) groups is 1. The molecule has 0 radical (unpaired) electrons. The van der Waals surface area contributed by atoms with Gasteiger partial charge in [-0.05, 0) is 54.4 Å². The maximum Gasteiger partial charge on any atom is 0.250 e. The van der Waals surface area contributed by atoms with Crippen LogP contribution in [0.3, 0.4) is 0 Å². The first-order valence-corrected chi connectivity index (χ1v) is 11.3. The molecule has 33 heavy (non-hydrogen) atoms. The number of methoxy groups -OCH3 is 1. The predicted molar refractivity (Wildman–Crippen MR) is 131 cm³/mol. The molecule has 0 unspecified atom stereocenters. The van der Waals surface area contributed by atoms with Crippen molar-refractivity contribution < 1.29 is 9.53 Å². The lowest BCUT2D eigenvalue weighted by atomic mass is 10.1. The molecule has 0 aliphatic rings. The molecular weight excluding hydrogens is 434 g/mol. The Morgan fingerprint density at radius 2 is 1.76 bits per heavy atom. The molecule has 0 saturated carbocycles. The molecule has 0 bridgehead atoms. The minimum Gasteiger partial charge on any atom is -0.497 e. The van der Waals surface area contributed by atoms with Crippen molar-refractivity contribution in [2.45, 2.75) is 12.1 Å². The molecule has 0 fully saturated rings. The summed E-state index contributed by atoms with van der Waals surface area (Å²) in [6, 6.07) is 25.3. The van der Waals surface area contributed by atoms with Crippen molar-refractivity contribution in [2.75, 3.05) is 12.9 Å². The largest absolute Gasteiger partial charge is 0.497 e. The summed E-state index contributed by atoms with van der Waals surface area (Å²) in [7, 11) is 1.63. The summed E-state index contributed by atoms with van der Waals surface area (Å²) in [5.41, 5.74) is 6.43. The van der Waals surface area contributed by atoms with Crippen LogP contribution in [0.25, 0.3) is 17.1 Å². The van der Waals surface area contributed by atoms with Gasteiger partial charge < -0.3 is 4.74 Å². The Bertz CT molecular complexity index is 1250. The van der Waals surface area contributed by atoms with Crippen LogP contribution in [0.1, 0.15) is 11.1 Å². The first kappa shape index (κ1) is 22.3. The van der Waals surface area contributed by atoms with Crippen molar-refractivity contribution in [3.8, 4) is 22.8 Å². The zero-order valence-corrected chi connectivity index (χ0v) is 19.1. The van der Waals surface area contributed by atoms with E-state index in [9.17, 15) is 4.79 Å². The summed E-state index contributed by atoms with van der Waals surface area (Å²) >= 11 is 1.30. The highest BCUT2D eigenvalue weighted by Gasteiger charge is 2.17. The van der Waals surface area contributed by atoms with Gasteiger partial charge in [0.1, 0.15) is 5.75 Å². The maximum absolute atomic E-state index is 12.4. The van der Waals surface area contributed by atoms with E-state index in [4.69, 9.17) is 4.74 Å². The molecule has 1 heterocycles. The van der Waals surface area contributed by atoms with Gasteiger partial charge in [-0.2, -0.15) is 5.10 Å². The molecule has 1 aromatic heterocycles. The Labute approximate surface area is 196 Å². The maximum atomic E-state index is 12.4. The van der Waals surface area contributed by atoms with Gasteiger partial charge in [-0.25, -0.2) is 5.43 Å². The molecular formula is C25H23N5O2S. The number of rotatable bonds is 8. The lowest BCUT2D eigenvalue weighted by Gasteiger charge is -2.10. The Kier molecular flexibility index (Phi) is 7.16. The highest BCUT2D eigenvalue weighted by atomic mass is 32.2. The molecule has 0 spiro atoms. The van der Waals surface area contributed by atoms with Crippen LogP contribution in [-0.4, -0.2) is 39.7 Å². The van der Waals surface area contributed by atoms with Crippen molar-refractivity contribution >= 4 is 23.9 Å². The van der Waals surface area contributed by atoms with Crippen LogP contribution in [0.2, 0.25) is 0 Å². The third-order valence-corrected chi connectivity index (χ3v) is 5.84. The number of carbonyl (C=O) groups is 1. The quantitative estimate of drug-likeness (QED) is 0.239. The molecule has 0 aliphatic heterocycles. The molecule has 166 valence electrons. The van der Waals surface area contributed by atoms with E-state index in [0.717, 1.165) is 28.1 Å². The van der Waals surface area contributed by atoms with Crippen molar-refractivity contribution in [1.82, 2.24) is 20.2 Å². The van der Waals surface area contributed by atoms with Gasteiger partial charge in [0, 0.05) is 11.3 Å².